The lowest BCUT2D eigenvalue weighted by atomic mass is 10.2. The van der Waals surface area contributed by atoms with Crippen LogP contribution in [0.5, 0.6) is 0 Å². The molecule has 1 aromatic rings. The Morgan fingerprint density at radius 2 is 2.15 bits per heavy atom. The molecule has 1 aliphatic heterocycles. The second-order valence-electron chi connectivity index (χ2n) is 4.96. The SMILES string of the molecule is CC1CCN(C(=O)c2cc(Br)cc(S(N)(=O)=O)c2Cl)C1. The molecule has 0 radical (unpaired) electrons. The number of carbonyl (C=O) groups is 1. The normalized spacial score (nSPS) is 19.4. The molecule has 1 saturated heterocycles. The van der Waals surface area contributed by atoms with E-state index in [-0.39, 0.29) is 21.4 Å². The Bertz CT molecular complexity index is 663. The molecular formula is C12H14BrClN2O3S. The number of hydrogen-bond acceptors (Lipinski definition) is 3. The highest BCUT2D eigenvalue weighted by molar-refractivity contribution is 9.10. The molecule has 110 valence electrons. The van der Waals surface area contributed by atoms with Crippen LogP contribution in [0.25, 0.3) is 0 Å². The van der Waals surface area contributed by atoms with Crippen LogP contribution in [0.15, 0.2) is 21.5 Å². The molecule has 20 heavy (non-hydrogen) atoms. The fourth-order valence-electron chi connectivity index (χ4n) is 2.22. The van der Waals surface area contributed by atoms with Crippen LogP contribution >= 0.6 is 27.5 Å². The van der Waals surface area contributed by atoms with E-state index in [4.69, 9.17) is 16.7 Å². The molecule has 2 N–H and O–H groups in total. The summed E-state index contributed by atoms with van der Waals surface area (Å²) in [6, 6.07) is 2.81. The number of nitrogens with two attached hydrogens (primary N) is 1. The van der Waals surface area contributed by atoms with Gasteiger partial charge in [-0.15, -0.1) is 0 Å². The van der Waals surface area contributed by atoms with E-state index in [9.17, 15) is 13.2 Å². The third-order valence-corrected chi connectivity index (χ3v) is 5.16. The Morgan fingerprint density at radius 1 is 1.50 bits per heavy atom. The van der Waals surface area contributed by atoms with Gasteiger partial charge >= 0.3 is 0 Å². The lowest BCUT2D eigenvalue weighted by Gasteiger charge is -2.18. The number of hydrogen-bond donors (Lipinski definition) is 1. The highest BCUT2D eigenvalue weighted by Gasteiger charge is 2.28. The van der Waals surface area contributed by atoms with E-state index in [0.29, 0.717) is 23.5 Å². The van der Waals surface area contributed by atoms with Crippen molar-refractivity contribution in [3.8, 4) is 0 Å². The molecule has 1 fully saturated rings. The summed E-state index contributed by atoms with van der Waals surface area (Å²) >= 11 is 9.23. The zero-order valence-electron chi connectivity index (χ0n) is 10.8. The predicted octanol–water partition coefficient (Wildman–Crippen LogP) is 2.23. The predicted molar refractivity (Wildman–Crippen MR) is 80.2 cm³/mol. The standard InChI is InChI=1S/C12H14BrClN2O3S/c1-7-2-3-16(6-7)12(17)9-4-8(13)5-10(11(9)14)20(15,18)19/h4-5,7H,2-3,6H2,1H3,(H2,15,18,19). The Balaban J connectivity index is 2.47. The van der Waals surface area contributed by atoms with Crippen LogP contribution in [-0.4, -0.2) is 32.3 Å². The third-order valence-electron chi connectivity index (χ3n) is 3.25. The van der Waals surface area contributed by atoms with E-state index in [1.807, 2.05) is 0 Å². The maximum absolute atomic E-state index is 12.4. The van der Waals surface area contributed by atoms with Crippen LogP contribution in [-0.2, 0) is 10.0 Å². The van der Waals surface area contributed by atoms with E-state index in [1.54, 1.807) is 4.90 Å². The molecule has 2 rings (SSSR count). The Hall–Kier alpha value is -0.630. The second kappa shape index (κ2) is 5.63. The molecule has 0 spiro atoms. The zero-order chi connectivity index (χ0) is 15.1. The first kappa shape index (κ1) is 15.8. The summed E-state index contributed by atoms with van der Waals surface area (Å²) in [5.41, 5.74) is 0.152. The second-order valence-corrected chi connectivity index (χ2v) is 7.78. The Kier molecular flexibility index (Phi) is 4.44. The first-order valence-corrected chi connectivity index (χ1v) is 8.73. The summed E-state index contributed by atoms with van der Waals surface area (Å²) in [5.74, 6) is 0.160. The molecule has 5 nitrogen and oxygen atoms in total. The Labute approximate surface area is 131 Å². The minimum atomic E-state index is -3.98. The fourth-order valence-corrected chi connectivity index (χ4v) is 3.99. The summed E-state index contributed by atoms with van der Waals surface area (Å²) in [6.07, 6.45) is 0.930. The average molecular weight is 382 g/mol. The average Bonchev–Trinajstić information content (AvgIpc) is 2.76. The number of carbonyl (C=O) groups excluding carboxylic acids is 1. The summed E-state index contributed by atoms with van der Waals surface area (Å²) in [6.45, 7) is 3.35. The van der Waals surface area contributed by atoms with Gasteiger partial charge in [0.2, 0.25) is 10.0 Å². The highest BCUT2D eigenvalue weighted by Crippen LogP contribution is 2.31. The molecule has 1 amide bonds. The van der Waals surface area contributed by atoms with Crippen molar-refractivity contribution < 1.29 is 13.2 Å². The van der Waals surface area contributed by atoms with E-state index in [1.165, 1.54) is 12.1 Å². The summed E-state index contributed by atoms with van der Waals surface area (Å²) in [7, 11) is -3.98. The molecule has 1 atom stereocenters. The van der Waals surface area contributed by atoms with Crippen molar-refractivity contribution in [3.05, 3.63) is 27.2 Å². The van der Waals surface area contributed by atoms with Crippen LogP contribution in [0, 0.1) is 5.92 Å². The number of nitrogens with zero attached hydrogens (tertiary/aromatic N) is 1. The lowest BCUT2D eigenvalue weighted by molar-refractivity contribution is 0.0788. The number of primary sulfonamides is 1. The van der Waals surface area contributed by atoms with Crippen molar-refractivity contribution in [1.82, 2.24) is 4.90 Å². The van der Waals surface area contributed by atoms with Gasteiger partial charge in [-0.1, -0.05) is 34.5 Å². The van der Waals surface area contributed by atoms with Gasteiger partial charge in [0.25, 0.3) is 5.91 Å². The van der Waals surface area contributed by atoms with Crippen LogP contribution in [0.1, 0.15) is 23.7 Å². The molecule has 1 aliphatic rings. The molecule has 0 aliphatic carbocycles. The molecule has 1 unspecified atom stereocenters. The van der Waals surface area contributed by atoms with Crippen molar-refractivity contribution in [3.63, 3.8) is 0 Å². The van der Waals surface area contributed by atoms with Gasteiger partial charge in [-0.3, -0.25) is 4.79 Å². The maximum atomic E-state index is 12.4. The highest BCUT2D eigenvalue weighted by atomic mass is 79.9. The molecular weight excluding hydrogens is 368 g/mol. The fraction of sp³-hybridized carbons (Fsp3) is 0.417. The van der Waals surface area contributed by atoms with Crippen LogP contribution < -0.4 is 5.14 Å². The van der Waals surface area contributed by atoms with Gasteiger partial charge in [0.15, 0.2) is 0 Å². The van der Waals surface area contributed by atoms with Crippen molar-refractivity contribution in [1.29, 1.82) is 0 Å². The number of benzene rings is 1. The van der Waals surface area contributed by atoms with E-state index >= 15 is 0 Å². The van der Waals surface area contributed by atoms with Crippen LogP contribution in [0.4, 0.5) is 0 Å². The lowest BCUT2D eigenvalue weighted by Crippen LogP contribution is -2.29. The zero-order valence-corrected chi connectivity index (χ0v) is 13.9. The summed E-state index contributed by atoms with van der Waals surface area (Å²) in [5, 5.41) is 4.99. The van der Waals surface area contributed by atoms with E-state index < -0.39 is 10.0 Å². The van der Waals surface area contributed by atoms with Gasteiger partial charge < -0.3 is 4.90 Å². The third kappa shape index (κ3) is 3.16. The first-order valence-electron chi connectivity index (χ1n) is 6.01. The van der Waals surface area contributed by atoms with Crippen LogP contribution in [0.3, 0.4) is 0 Å². The number of rotatable bonds is 2. The molecule has 1 heterocycles. The van der Waals surface area contributed by atoms with E-state index in [0.717, 1.165) is 6.42 Å². The number of sulfonamides is 1. The van der Waals surface area contributed by atoms with Gasteiger partial charge in [0, 0.05) is 17.6 Å². The maximum Gasteiger partial charge on any atom is 0.255 e. The number of likely N-dealkylation sites (tertiary alicyclic amines) is 1. The molecule has 0 bridgehead atoms. The van der Waals surface area contributed by atoms with Gasteiger partial charge in [-0.05, 0) is 24.5 Å². The first-order chi connectivity index (χ1) is 9.20. The quantitative estimate of drug-likeness (QED) is 0.853. The minimum absolute atomic E-state index is 0.125. The molecule has 0 aromatic heterocycles. The largest absolute Gasteiger partial charge is 0.338 e. The number of halogens is 2. The van der Waals surface area contributed by atoms with Crippen molar-refractivity contribution >= 4 is 43.5 Å². The van der Waals surface area contributed by atoms with Gasteiger partial charge in [0.1, 0.15) is 4.90 Å². The van der Waals surface area contributed by atoms with E-state index in [2.05, 4.69) is 22.9 Å². The smallest absolute Gasteiger partial charge is 0.255 e. The van der Waals surface area contributed by atoms with Crippen LogP contribution in [0.2, 0.25) is 5.02 Å². The minimum Gasteiger partial charge on any atom is -0.338 e. The van der Waals surface area contributed by atoms with Gasteiger partial charge in [0.05, 0.1) is 10.6 Å². The van der Waals surface area contributed by atoms with Gasteiger partial charge in [-0.25, -0.2) is 13.6 Å². The van der Waals surface area contributed by atoms with Gasteiger partial charge in [-0.2, -0.15) is 0 Å². The van der Waals surface area contributed by atoms with Crippen molar-refractivity contribution in [2.75, 3.05) is 13.1 Å². The summed E-state index contributed by atoms with van der Waals surface area (Å²) < 4.78 is 23.4. The topological polar surface area (TPSA) is 80.5 Å². The summed E-state index contributed by atoms with van der Waals surface area (Å²) in [4.78, 5) is 13.9. The number of amides is 1. The molecule has 1 aromatic carbocycles. The van der Waals surface area contributed by atoms with Crippen molar-refractivity contribution in [2.24, 2.45) is 11.1 Å². The molecule has 8 heteroatoms. The molecule has 0 saturated carbocycles. The van der Waals surface area contributed by atoms with Crippen molar-refractivity contribution in [2.45, 2.75) is 18.2 Å². The Morgan fingerprint density at radius 3 is 2.65 bits per heavy atom. The monoisotopic (exact) mass is 380 g/mol.